The molecule has 1 aliphatic heterocycles. The smallest absolute Gasteiger partial charge is 0.220 e. The summed E-state index contributed by atoms with van der Waals surface area (Å²) in [7, 11) is 0. The van der Waals surface area contributed by atoms with Crippen molar-refractivity contribution in [2.75, 3.05) is 0 Å². The molecule has 0 aromatic heterocycles. The molecule has 1 N–H and O–H groups in total. The summed E-state index contributed by atoms with van der Waals surface area (Å²) in [6, 6.07) is 0.454. The van der Waals surface area contributed by atoms with E-state index in [9.17, 15) is 4.79 Å². The zero-order chi connectivity index (χ0) is 11.1. The van der Waals surface area contributed by atoms with Gasteiger partial charge in [0.15, 0.2) is 0 Å². The van der Waals surface area contributed by atoms with E-state index in [1.54, 1.807) is 0 Å². The van der Waals surface area contributed by atoms with E-state index in [-0.39, 0.29) is 5.91 Å². The van der Waals surface area contributed by atoms with Crippen molar-refractivity contribution in [1.29, 1.82) is 0 Å². The van der Waals surface area contributed by atoms with Crippen LogP contribution in [0.3, 0.4) is 0 Å². The zero-order valence-electron chi connectivity index (χ0n) is 10.2. The van der Waals surface area contributed by atoms with Gasteiger partial charge in [-0.3, -0.25) is 4.79 Å². The van der Waals surface area contributed by atoms with Crippen LogP contribution in [-0.4, -0.2) is 11.9 Å². The van der Waals surface area contributed by atoms with Crippen LogP contribution in [0.1, 0.15) is 52.9 Å². The van der Waals surface area contributed by atoms with E-state index < -0.39 is 0 Å². The van der Waals surface area contributed by atoms with Crippen molar-refractivity contribution in [3.05, 3.63) is 0 Å². The molecule has 1 amide bonds. The van der Waals surface area contributed by atoms with E-state index in [2.05, 4.69) is 26.1 Å². The van der Waals surface area contributed by atoms with Crippen LogP contribution >= 0.6 is 0 Å². The fourth-order valence-electron chi connectivity index (χ4n) is 3.53. The van der Waals surface area contributed by atoms with Crippen LogP contribution in [0, 0.1) is 17.3 Å². The van der Waals surface area contributed by atoms with Crippen molar-refractivity contribution in [3.63, 3.8) is 0 Å². The average molecular weight is 209 g/mol. The number of carbonyl (C=O) groups excluding carboxylic acids is 1. The van der Waals surface area contributed by atoms with Crippen LogP contribution in [0.15, 0.2) is 0 Å². The first-order valence-electron chi connectivity index (χ1n) is 6.31. The van der Waals surface area contributed by atoms with Crippen molar-refractivity contribution in [2.45, 2.75) is 58.9 Å². The van der Waals surface area contributed by atoms with E-state index in [0.717, 1.165) is 18.8 Å². The van der Waals surface area contributed by atoms with Gasteiger partial charge in [0.05, 0.1) is 0 Å². The Labute approximate surface area is 92.8 Å². The van der Waals surface area contributed by atoms with Gasteiger partial charge in [-0.05, 0) is 36.5 Å². The van der Waals surface area contributed by atoms with Gasteiger partial charge in [-0.2, -0.15) is 0 Å². The first kappa shape index (κ1) is 11.0. The van der Waals surface area contributed by atoms with Gasteiger partial charge in [0.1, 0.15) is 0 Å². The lowest BCUT2D eigenvalue weighted by molar-refractivity contribution is -0.119. The highest BCUT2D eigenvalue weighted by Crippen LogP contribution is 2.50. The van der Waals surface area contributed by atoms with Gasteiger partial charge in [0.2, 0.25) is 5.91 Å². The van der Waals surface area contributed by atoms with E-state index in [1.807, 2.05) is 0 Å². The first-order chi connectivity index (χ1) is 7.02. The molecule has 3 atom stereocenters. The zero-order valence-corrected chi connectivity index (χ0v) is 10.2. The third-order valence-electron chi connectivity index (χ3n) is 4.18. The minimum Gasteiger partial charge on any atom is -0.353 e. The van der Waals surface area contributed by atoms with Gasteiger partial charge in [0.25, 0.3) is 0 Å². The van der Waals surface area contributed by atoms with Gasteiger partial charge >= 0.3 is 0 Å². The summed E-state index contributed by atoms with van der Waals surface area (Å²) in [5.74, 6) is 1.78. The summed E-state index contributed by atoms with van der Waals surface area (Å²) in [4.78, 5) is 11.6. The van der Waals surface area contributed by atoms with Crippen molar-refractivity contribution in [1.82, 2.24) is 5.32 Å². The number of hydrogen-bond donors (Lipinski definition) is 1. The molecular formula is C13H23NO. The highest BCUT2D eigenvalue weighted by atomic mass is 16.2. The third-order valence-corrected chi connectivity index (χ3v) is 4.18. The monoisotopic (exact) mass is 209 g/mol. The summed E-state index contributed by atoms with van der Waals surface area (Å²) < 4.78 is 0. The molecule has 3 unspecified atom stereocenters. The average Bonchev–Trinajstić information content (AvgIpc) is 2.58. The molecule has 1 heterocycles. The van der Waals surface area contributed by atoms with E-state index >= 15 is 0 Å². The molecule has 0 bridgehead atoms. The van der Waals surface area contributed by atoms with E-state index in [4.69, 9.17) is 0 Å². The molecule has 1 saturated heterocycles. The highest BCUT2D eigenvalue weighted by Gasteiger charge is 2.49. The van der Waals surface area contributed by atoms with Crippen LogP contribution in [0.2, 0.25) is 0 Å². The van der Waals surface area contributed by atoms with Crippen molar-refractivity contribution in [2.24, 2.45) is 17.3 Å². The maximum absolute atomic E-state index is 11.6. The minimum absolute atomic E-state index is 0.287. The number of carbonyl (C=O) groups is 1. The standard InChI is InChI=1S/C13H23NO/c1-9(2)6-11-13(8-12(15)14-11)5-4-10(3)7-13/h9-11H,4-8H2,1-3H3,(H,14,15). The van der Waals surface area contributed by atoms with Crippen molar-refractivity contribution >= 4 is 5.91 Å². The second-order valence-electron chi connectivity index (χ2n) is 6.14. The lowest BCUT2D eigenvalue weighted by atomic mass is 9.75. The van der Waals surface area contributed by atoms with Gasteiger partial charge in [-0.1, -0.05) is 27.2 Å². The predicted octanol–water partition coefficient (Wildman–Crippen LogP) is 2.73. The van der Waals surface area contributed by atoms with Crippen LogP contribution in [0.25, 0.3) is 0 Å². The van der Waals surface area contributed by atoms with Crippen LogP contribution < -0.4 is 5.32 Å². The number of amides is 1. The molecule has 15 heavy (non-hydrogen) atoms. The molecule has 1 saturated carbocycles. The fraction of sp³-hybridized carbons (Fsp3) is 0.923. The molecule has 1 spiro atoms. The Hall–Kier alpha value is -0.530. The molecule has 0 aromatic rings. The molecule has 1 aliphatic carbocycles. The SMILES string of the molecule is CC(C)CC1NC(=O)CC12CCC(C)C2. The lowest BCUT2D eigenvalue weighted by Crippen LogP contribution is -2.36. The topological polar surface area (TPSA) is 29.1 Å². The number of hydrogen-bond acceptors (Lipinski definition) is 1. The van der Waals surface area contributed by atoms with Gasteiger partial charge < -0.3 is 5.32 Å². The second kappa shape index (κ2) is 3.80. The predicted molar refractivity (Wildman–Crippen MR) is 61.5 cm³/mol. The lowest BCUT2D eigenvalue weighted by Gasteiger charge is -2.31. The summed E-state index contributed by atoms with van der Waals surface area (Å²) in [5, 5.41) is 3.20. The van der Waals surface area contributed by atoms with Gasteiger partial charge in [-0.15, -0.1) is 0 Å². The summed E-state index contributed by atoms with van der Waals surface area (Å²) in [6.07, 6.45) is 5.75. The Balaban J connectivity index is 2.11. The van der Waals surface area contributed by atoms with Crippen LogP contribution in [0.5, 0.6) is 0 Å². The fourth-order valence-corrected chi connectivity index (χ4v) is 3.53. The second-order valence-corrected chi connectivity index (χ2v) is 6.14. The molecular weight excluding hydrogens is 186 g/mol. The van der Waals surface area contributed by atoms with Crippen molar-refractivity contribution < 1.29 is 4.79 Å². The van der Waals surface area contributed by atoms with E-state index in [0.29, 0.717) is 17.4 Å². The summed E-state index contributed by atoms with van der Waals surface area (Å²) in [6.45, 7) is 6.82. The molecule has 86 valence electrons. The maximum atomic E-state index is 11.6. The molecule has 2 heteroatoms. The highest BCUT2D eigenvalue weighted by molar-refractivity contribution is 5.80. The molecule has 2 nitrogen and oxygen atoms in total. The normalized spacial score (nSPS) is 40.4. The van der Waals surface area contributed by atoms with Gasteiger partial charge in [-0.25, -0.2) is 0 Å². The van der Waals surface area contributed by atoms with E-state index in [1.165, 1.54) is 19.3 Å². The molecule has 0 aromatic carbocycles. The molecule has 2 rings (SSSR count). The third kappa shape index (κ3) is 2.04. The minimum atomic E-state index is 0.287. The Kier molecular flexibility index (Phi) is 2.78. The molecule has 2 aliphatic rings. The number of rotatable bonds is 2. The van der Waals surface area contributed by atoms with Crippen LogP contribution in [0.4, 0.5) is 0 Å². The summed E-state index contributed by atoms with van der Waals surface area (Å²) in [5.41, 5.74) is 0.320. The molecule has 0 radical (unpaired) electrons. The Bertz CT molecular complexity index is 261. The Morgan fingerprint density at radius 3 is 2.80 bits per heavy atom. The van der Waals surface area contributed by atoms with Crippen molar-refractivity contribution in [3.8, 4) is 0 Å². The van der Waals surface area contributed by atoms with Gasteiger partial charge in [0, 0.05) is 12.5 Å². The van der Waals surface area contributed by atoms with Crippen LogP contribution in [-0.2, 0) is 4.79 Å². The Morgan fingerprint density at radius 1 is 1.53 bits per heavy atom. The maximum Gasteiger partial charge on any atom is 0.220 e. The summed E-state index contributed by atoms with van der Waals surface area (Å²) >= 11 is 0. The largest absolute Gasteiger partial charge is 0.353 e. The molecule has 2 fully saturated rings. The first-order valence-corrected chi connectivity index (χ1v) is 6.31. The quantitative estimate of drug-likeness (QED) is 0.744. The Morgan fingerprint density at radius 2 is 2.27 bits per heavy atom. The number of nitrogens with one attached hydrogen (secondary N) is 1.